The van der Waals surface area contributed by atoms with E-state index in [9.17, 15) is 4.79 Å². The Hall–Kier alpha value is -1.41. The Morgan fingerprint density at radius 1 is 1.36 bits per heavy atom. The predicted octanol–water partition coefficient (Wildman–Crippen LogP) is 2.74. The van der Waals surface area contributed by atoms with Crippen LogP contribution in [0.1, 0.15) is 18.9 Å². The molecule has 1 heterocycles. The normalized spacial score (nSPS) is 15.7. The fourth-order valence-electron chi connectivity index (χ4n) is 2.09. The minimum absolute atomic E-state index is 0.0585. The summed E-state index contributed by atoms with van der Waals surface area (Å²) in [4.78, 5) is 14.0. The number of nitrogens with zero attached hydrogens (tertiary/aromatic N) is 1. The van der Waals surface area contributed by atoms with Crippen LogP contribution in [0.15, 0.2) is 18.2 Å². The molecule has 0 saturated carbocycles. The Balaban J connectivity index is 1.98. The maximum atomic E-state index is 12.2. The molecule has 1 aliphatic heterocycles. The molecule has 1 unspecified atom stereocenters. The van der Waals surface area contributed by atoms with Gasteiger partial charge in [0.05, 0.1) is 16.1 Å². The molecule has 0 spiro atoms. The third-order valence-electron chi connectivity index (χ3n) is 3.42. The lowest BCUT2D eigenvalue weighted by Gasteiger charge is -2.28. The summed E-state index contributed by atoms with van der Waals surface area (Å²) < 4.78 is 0. The first-order valence-corrected chi connectivity index (χ1v) is 8.08. The molecule has 0 bridgehead atoms. The summed E-state index contributed by atoms with van der Waals surface area (Å²) in [5.41, 5.74) is 0.782. The molecule has 1 aliphatic rings. The zero-order chi connectivity index (χ0) is 15.9. The van der Waals surface area contributed by atoms with E-state index in [1.54, 1.807) is 17.0 Å². The van der Waals surface area contributed by atoms with Crippen LogP contribution < -0.4 is 10.6 Å². The van der Waals surface area contributed by atoms with Crippen molar-refractivity contribution in [2.75, 3.05) is 26.2 Å². The molecule has 118 valence electrons. The lowest BCUT2D eigenvalue weighted by atomic mass is 10.2. The van der Waals surface area contributed by atoms with Gasteiger partial charge in [-0.25, -0.2) is 4.79 Å². The second-order valence-corrected chi connectivity index (χ2v) is 5.86. The van der Waals surface area contributed by atoms with Crippen LogP contribution in [0, 0.1) is 11.8 Å². The Labute approximate surface area is 141 Å². The molecule has 2 rings (SSSR count). The van der Waals surface area contributed by atoms with E-state index in [2.05, 4.69) is 22.5 Å². The first kappa shape index (κ1) is 17.0. The van der Waals surface area contributed by atoms with E-state index < -0.39 is 0 Å². The maximum Gasteiger partial charge on any atom is 0.318 e. The third kappa shape index (κ3) is 4.81. The molecule has 1 atom stereocenters. The number of urea groups is 1. The van der Waals surface area contributed by atoms with Gasteiger partial charge in [-0.15, -0.1) is 0 Å². The lowest BCUT2D eigenvalue weighted by Crippen LogP contribution is -2.52. The molecule has 1 saturated heterocycles. The van der Waals surface area contributed by atoms with Crippen molar-refractivity contribution < 1.29 is 4.79 Å². The molecule has 1 aromatic rings. The summed E-state index contributed by atoms with van der Waals surface area (Å²) in [6.45, 7) is 5.11. The first-order valence-electron chi connectivity index (χ1n) is 7.33. The van der Waals surface area contributed by atoms with Gasteiger partial charge in [0, 0.05) is 31.7 Å². The molecule has 1 fully saturated rings. The molecule has 0 aromatic heterocycles. The van der Waals surface area contributed by atoms with E-state index in [-0.39, 0.29) is 12.1 Å². The number of amides is 2. The van der Waals surface area contributed by atoms with Crippen molar-refractivity contribution in [3.8, 4) is 11.8 Å². The largest absolute Gasteiger partial charge is 0.324 e. The van der Waals surface area contributed by atoms with E-state index in [0.29, 0.717) is 10.0 Å². The van der Waals surface area contributed by atoms with Crippen LogP contribution in [-0.2, 0) is 0 Å². The molecular weight excluding hydrogens is 321 g/mol. The quantitative estimate of drug-likeness (QED) is 0.813. The molecular formula is C16H19Cl2N3O. The van der Waals surface area contributed by atoms with Gasteiger partial charge in [-0.1, -0.05) is 42.0 Å². The van der Waals surface area contributed by atoms with Crippen LogP contribution in [-0.4, -0.2) is 43.2 Å². The van der Waals surface area contributed by atoms with E-state index in [1.165, 1.54) is 0 Å². The van der Waals surface area contributed by atoms with Gasteiger partial charge in [0.15, 0.2) is 0 Å². The molecule has 0 aliphatic carbocycles. The summed E-state index contributed by atoms with van der Waals surface area (Å²) in [5, 5.41) is 7.16. The highest BCUT2D eigenvalue weighted by Crippen LogP contribution is 2.22. The van der Waals surface area contributed by atoms with Crippen LogP contribution in [0.25, 0.3) is 0 Å². The fraction of sp³-hybridized carbons (Fsp3) is 0.438. The predicted molar refractivity (Wildman–Crippen MR) is 90.4 cm³/mol. The van der Waals surface area contributed by atoms with Crippen LogP contribution in [0.4, 0.5) is 4.79 Å². The van der Waals surface area contributed by atoms with Crippen LogP contribution in [0.5, 0.6) is 0 Å². The van der Waals surface area contributed by atoms with Gasteiger partial charge in [-0.3, -0.25) is 0 Å². The number of hydrogen-bond donors (Lipinski definition) is 2. The topological polar surface area (TPSA) is 44.4 Å². The number of rotatable bonds is 2. The number of halogens is 2. The van der Waals surface area contributed by atoms with Gasteiger partial charge < -0.3 is 15.5 Å². The fourth-order valence-corrected chi connectivity index (χ4v) is 2.39. The molecule has 2 amide bonds. The third-order valence-corrected chi connectivity index (χ3v) is 4.16. The van der Waals surface area contributed by atoms with E-state index >= 15 is 0 Å². The first-order chi connectivity index (χ1) is 10.6. The average molecular weight is 340 g/mol. The van der Waals surface area contributed by atoms with Crippen molar-refractivity contribution >= 4 is 29.2 Å². The smallest absolute Gasteiger partial charge is 0.318 e. The minimum Gasteiger partial charge on any atom is -0.324 e. The van der Waals surface area contributed by atoms with Crippen LogP contribution in [0.3, 0.4) is 0 Å². The highest BCUT2D eigenvalue weighted by atomic mass is 35.5. The molecule has 1 aromatic carbocycles. The van der Waals surface area contributed by atoms with Gasteiger partial charge in [-0.2, -0.15) is 0 Å². The summed E-state index contributed by atoms with van der Waals surface area (Å²) in [6.07, 6.45) is 0.742. The zero-order valence-electron chi connectivity index (χ0n) is 12.5. The van der Waals surface area contributed by atoms with E-state index in [4.69, 9.17) is 23.2 Å². The Morgan fingerprint density at radius 3 is 2.73 bits per heavy atom. The monoisotopic (exact) mass is 339 g/mol. The Morgan fingerprint density at radius 2 is 2.09 bits per heavy atom. The highest BCUT2D eigenvalue weighted by molar-refractivity contribution is 6.42. The summed E-state index contributed by atoms with van der Waals surface area (Å²) in [7, 11) is 0. The lowest BCUT2D eigenvalue weighted by molar-refractivity contribution is 0.188. The highest BCUT2D eigenvalue weighted by Gasteiger charge is 2.17. The van der Waals surface area contributed by atoms with E-state index in [0.717, 1.165) is 38.2 Å². The molecule has 2 N–H and O–H groups in total. The zero-order valence-corrected chi connectivity index (χ0v) is 14.0. The summed E-state index contributed by atoms with van der Waals surface area (Å²) >= 11 is 11.8. The number of hydrogen-bond acceptors (Lipinski definition) is 2. The number of carbonyl (C=O) groups is 1. The Bertz CT molecular complexity index is 589. The second-order valence-electron chi connectivity index (χ2n) is 5.05. The molecule has 4 nitrogen and oxygen atoms in total. The standard InChI is InChI=1S/C16H19Cl2N3O/c1-2-13(20-16(22)21-9-7-19-8-10-21)5-3-12-4-6-14(17)15(18)11-12/h4,6,11,13,19H,2,7-10H2,1H3,(H,20,22). The van der Waals surface area contributed by atoms with Gasteiger partial charge in [0.2, 0.25) is 0 Å². The van der Waals surface area contributed by atoms with Crippen LogP contribution >= 0.6 is 23.2 Å². The molecule has 0 radical (unpaired) electrons. The Kier molecular flexibility index (Phi) is 6.38. The second kappa shape index (κ2) is 8.28. The van der Waals surface area contributed by atoms with Crippen molar-refractivity contribution in [3.05, 3.63) is 33.8 Å². The number of carbonyl (C=O) groups excluding carboxylic acids is 1. The van der Waals surface area contributed by atoms with Crippen molar-refractivity contribution in [2.45, 2.75) is 19.4 Å². The average Bonchev–Trinajstić information content (AvgIpc) is 2.55. The summed E-state index contributed by atoms with van der Waals surface area (Å²) in [6, 6.07) is 5.01. The van der Waals surface area contributed by atoms with Crippen molar-refractivity contribution in [2.24, 2.45) is 0 Å². The van der Waals surface area contributed by atoms with Crippen LogP contribution in [0.2, 0.25) is 10.0 Å². The number of benzene rings is 1. The van der Waals surface area contributed by atoms with Gasteiger partial charge in [0.25, 0.3) is 0 Å². The number of nitrogens with one attached hydrogen (secondary N) is 2. The van der Waals surface area contributed by atoms with Crippen molar-refractivity contribution in [1.82, 2.24) is 15.5 Å². The molecule has 22 heavy (non-hydrogen) atoms. The van der Waals surface area contributed by atoms with Crippen molar-refractivity contribution in [1.29, 1.82) is 0 Å². The number of piperazine rings is 1. The van der Waals surface area contributed by atoms with E-state index in [1.807, 2.05) is 13.0 Å². The minimum atomic E-state index is -0.183. The van der Waals surface area contributed by atoms with Crippen molar-refractivity contribution in [3.63, 3.8) is 0 Å². The van der Waals surface area contributed by atoms with Gasteiger partial charge in [-0.05, 0) is 24.6 Å². The SMILES string of the molecule is CCC(C#Cc1ccc(Cl)c(Cl)c1)NC(=O)N1CCNCC1. The summed E-state index contributed by atoms with van der Waals surface area (Å²) in [5.74, 6) is 6.11. The van der Waals surface area contributed by atoms with Gasteiger partial charge in [0.1, 0.15) is 0 Å². The van der Waals surface area contributed by atoms with Gasteiger partial charge >= 0.3 is 6.03 Å². The molecule has 6 heteroatoms. The maximum absolute atomic E-state index is 12.2.